The fourth-order valence-electron chi connectivity index (χ4n) is 4.83. The number of carbonyl (C=O) groups is 1. The molecule has 2 heteroatoms. The minimum Gasteiger partial charge on any atom is -0.423 e. The van der Waals surface area contributed by atoms with Crippen LogP contribution in [0.4, 0.5) is 0 Å². The number of ether oxygens (including phenoxy) is 1. The van der Waals surface area contributed by atoms with E-state index in [1.54, 1.807) is 6.92 Å². The van der Waals surface area contributed by atoms with Crippen molar-refractivity contribution in [2.24, 2.45) is 0 Å². The molecular weight excluding hydrogens is 416 g/mol. The third-order valence-corrected chi connectivity index (χ3v) is 6.42. The molecule has 6 aromatic carbocycles. The van der Waals surface area contributed by atoms with E-state index in [0.29, 0.717) is 11.3 Å². The molecule has 0 atom stereocenters. The first-order valence-corrected chi connectivity index (χ1v) is 11.3. The zero-order valence-corrected chi connectivity index (χ0v) is 18.8. The molecule has 0 radical (unpaired) electrons. The minimum atomic E-state index is -0.421. The fourth-order valence-corrected chi connectivity index (χ4v) is 4.83. The molecule has 0 aromatic heterocycles. The van der Waals surface area contributed by atoms with Gasteiger partial charge in [-0.3, -0.25) is 0 Å². The molecular formula is C32H22O2. The molecule has 2 nitrogen and oxygen atoms in total. The molecule has 0 heterocycles. The molecule has 6 aromatic rings. The Morgan fingerprint density at radius 1 is 0.647 bits per heavy atom. The number of benzene rings is 6. The number of fused-ring (bicyclic) bond motifs is 4. The van der Waals surface area contributed by atoms with Gasteiger partial charge in [0.2, 0.25) is 0 Å². The normalized spacial score (nSPS) is 11.3. The zero-order valence-electron chi connectivity index (χ0n) is 18.8. The van der Waals surface area contributed by atoms with Crippen molar-refractivity contribution in [3.8, 4) is 16.9 Å². The van der Waals surface area contributed by atoms with Gasteiger partial charge in [-0.15, -0.1) is 0 Å². The lowest BCUT2D eigenvalue weighted by molar-refractivity contribution is -0.129. The molecule has 0 unspecified atom stereocenters. The van der Waals surface area contributed by atoms with Gasteiger partial charge in [0.05, 0.1) is 0 Å². The van der Waals surface area contributed by atoms with E-state index in [2.05, 4.69) is 97.6 Å². The van der Waals surface area contributed by atoms with Gasteiger partial charge >= 0.3 is 5.97 Å². The summed E-state index contributed by atoms with van der Waals surface area (Å²) in [5.74, 6) is 0.125. The molecule has 0 spiro atoms. The van der Waals surface area contributed by atoms with E-state index in [1.807, 2.05) is 12.1 Å². The lowest BCUT2D eigenvalue weighted by Gasteiger charge is -2.17. The molecule has 0 saturated heterocycles. The summed E-state index contributed by atoms with van der Waals surface area (Å²) in [5, 5.41) is 8.97. The number of carbonyl (C=O) groups excluding carboxylic acids is 1. The Kier molecular flexibility index (Phi) is 4.67. The number of hydrogen-bond acceptors (Lipinski definition) is 2. The summed E-state index contributed by atoms with van der Waals surface area (Å²) in [4.78, 5) is 12.5. The van der Waals surface area contributed by atoms with Crippen molar-refractivity contribution in [3.05, 3.63) is 115 Å². The van der Waals surface area contributed by atoms with Gasteiger partial charge in [-0.25, -0.2) is 4.79 Å². The van der Waals surface area contributed by atoms with Crippen LogP contribution in [0, 0.1) is 0 Å². The standard InChI is InChI=1S/C32H22O2/c1-20(2)32(33)34-29-16-8-13-25-18-23-11-5-6-14-26(23)31(30(25)29)27-15-7-12-24-17-21-9-3-4-10-22(21)19-28(24)27/h3-19H,1H2,2H3. The summed E-state index contributed by atoms with van der Waals surface area (Å²) in [6.45, 7) is 5.42. The van der Waals surface area contributed by atoms with Crippen molar-refractivity contribution in [1.29, 1.82) is 0 Å². The summed E-state index contributed by atoms with van der Waals surface area (Å²) < 4.78 is 5.84. The highest BCUT2D eigenvalue weighted by Crippen LogP contribution is 2.44. The Morgan fingerprint density at radius 3 is 2.03 bits per heavy atom. The maximum atomic E-state index is 12.5. The molecule has 0 aliphatic rings. The fraction of sp³-hybridized carbons (Fsp3) is 0.0312. The Balaban J connectivity index is 1.77. The molecule has 162 valence electrons. The van der Waals surface area contributed by atoms with Crippen molar-refractivity contribution in [2.45, 2.75) is 6.92 Å². The molecule has 0 aliphatic carbocycles. The summed E-state index contributed by atoms with van der Waals surface area (Å²) >= 11 is 0. The Morgan fingerprint density at radius 2 is 1.24 bits per heavy atom. The first-order chi connectivity index (χ1) is 16.6. The molecule has 0 bridgehead atoms. The maximum absolute atomic E-state index is 12.5. The summed E-state index contributed by atoms with van der Waals surface area (Å²) in [6.07, 6.45) is 0. The highest BCUT2D eigenvalue weighted by Gasteiger charge is 2.18. The van der Waals surface area contributed by atoms with Gasteiger partial charge in [0.15, 0.2) is 0 Å². The van der Waals surface area contributed by atoms with Crippen LogP contribution in [-0.2, 0) is 4.79 Å². The van der Waals surface area contributed by atoms with Gasteiger partial charge in [0.1, 0.15) is 5.75 Å². The smallest absolute Gasteiger partial charge is 0.338 e. The molecule has 34 heavy (non-hydrogen) atoms. The van der Waals surface area contributed by atoms with Gasteiger partial charge in [-0.05, 0) is 74.5 Å². The van der Waals surface area contributed by atoms with E-state index in [1.165, 1.54) is 21.5 Å². The maximum Gasteiger partial charge on any atom is 0.338 e. The van der Waals surface area contributed by atoms with E-state index >= 15 is 0 Å². The second kappa shape index (κ2) is 7.86. The van der Waals surface area contributed by atoms with Gasteiger partial charge in [-0.1, -0.05) is 85.4 Å². The molecule has 0 fully saturated rings. The Labute approximate surface area is 197 Å². The van der Waals surface area contributed by atoms with Crippen LogP contribution in [0.5, 0.6) is 5.75 Å². The monoisotopic (exact) mass is 438 g/mol. The van der Waals surface area contributed by atoms with Crippen LogP contribution in [-0.4, -0.2) is 5.97 Å². The average Bonchev–Trinajstić information content (AvgIpc) is 2.86. The summed E-state index contributed by atoms with van der Waals surface area (Å²) in [5.41, 5.74) is 2.55. The predicted octanol–water partition coefficient (Wildman–Crippen LogP) is 8.45. The third kappa shape index (κ3) is 3.23. The van der Waals surface area contributed by atoms with Crippen LogP contribution in [0.25, 0.3) is 54.2 Å². The van der Waals surface area contributed by atoms with Gasteiger partial charge in [-0.2, -0.15) is 0 Å². The number of hydrogen-bond donors (Lipinski definition) is 0. The average molecular weight is 439 g/mol. The number of rotatable bonds is 3. The van der Waals surface area contributed by atoms with Crippen molar-refractivity contribution in [2.75, 3.05) is 0 Å². The first kappa shape index (κ1) is 20.2. The molecule has 0 amide bonds. The van der Waals surface area contributed by atoms with Crippen LogP contribution >= 0.6 is 0 Å². The zero-order chi connectivity index (χ0) is 23.2. The van der Waals surface area contributed by atoms with Crippen LogP contribution in [0.3, 0.4) is 0 Å². The van der Waals surface area contributed by atoms with Crippen molar-refractivity contribution in [1.82, 2.24) is 0 Å². The largest absolute Gasteiger partial charge is 0.423 e. The second-order valence-corrected chi connectivity index (χ2v) is 8.72. The van der Waals surface area contributed by atoms with E-state index < -0.39 is 5.97 Å². The van der Waals surface area contributed by atoms with E-state index in [4.69, 9.17) is 4.74 Å². The topological polar surface area (TPSA) is 26.3 Å². The molecule has 0 saturated carbocycles. The van der Waals surface area contributed by atoms with Crippen LogP contribution in [0.1, 0.15) is 6.92 Å². The van der Waals surface area contributed by atoms with Crippen LogP contribution in [0.15, 0.2) is 115 Å². The summed E-state index contributed by atoms with van der Waals surface area (Å²) in [6, 6.07) is 35.7. The predicted molar refractivity (Wildman–Crippen MR) is 142 cm³/mol. The van der Waals surface area contributed by atoms with E-state index in [-0.39, 0.29) is 0 Å². The molecule has 6 rings (SSSR count). The van der Waals surface area contributed by atoms with Crippen molar-refractivity contribution >= 4 is 49.1 Å². The quantitative estimate of drug-likeness (QED) is 0.120. The van der Waals surface area contributed by atoms with Gasteiger partial charge < -0.3 is 4.74 Å². The van der Waals surface area contributed by atoms with Crippen molar-refractivity contribution in [3.63, 3.8) is 0 Å². The Hall–Kier alpha value is -4.43. The van der Waals surface area contributed by atoms with Gasteiger partial charge in [0.25, 0.3) is 0 Å². The number of esters is 1. The van der Waals surface area contributed by atoms with E-state index in [9.17, 15) is 4.79 Å². The SMILES string of the molecule is C=C(C)C(=O)Oc1cccc2cc3ccccc3c(-c3cccc4cc5ccccc5cc34)c12. The van der Waals surface area contributed by atoms with Crippen LogP contribution < -0.4 is 4.74 Å². The third-order valence-electron chi connectivity index (χ3n) is 6.42. The first-order valence-electron chi connectivity index (χ1n) is 11.3. The second-order valence-electron chi connectivity index (χ2n) is 8.72. The summed E-state index contributed by atoms with van der Waals surface area (Å²) in [7, 11) is 0. The Bertz CT molecular complexity index is 1780. The highest BCUT2D eigenvalue weighted by atomic mass is 16.5. The highest BCUT2D eigenvalue weighted by molar-refractivity contribution is 6.19. The molecule has 0 N–H and O–H groups in total. The van der Waals surface area contributed by atoms with E-state index in [0.717, 1.165) is 32.7 Å². The lowest BCUT2D eigenvalue weighted by atomic mass is 9.88. The van der Waals surface area contributed by atoms with Crippen molar-refractivity contribution < 1.29 is 9.53 Å². The van der Waals surface area contributed by atoms with Gasteiger partial charge in [0, 0.05) is 16.5 Å². The molecule has 0 aliphatic heterocycles. The minimum absolute atomic E-state index is 0.371. The lowest BCUT2D eigenvalue weighted by Crippen LogP contribution is -2.08. The van der Waals surface area contributed by atoms with Crippen LogP contribution in [0.2, 0.25) is 0 Å².